The Morgan fingerprint density at radius 1 is 1.04 bits per heavy atom. The number of carbonyl (C=O) groups excluding carboxylic acids is 2. The van der Waals surface area contributed by atoms with E-state index in [1.165, 1.54) is 7.11 Å². The van der Waals surface area contributed by atoms with Gasteiger partial charge in [-0.05, 0) is 36.2 Å². The van der Waals surface area contributed by atoms with Crippen LogP contribution >= 0.6 is 0 Å². The smallest absolute Gasteiger partial charge is 0.309 e. The Bertz CT molecular complexity index is 680. The molecule has 0 saturated heterocycles. The summed E-state index contributed by atoms with van der Waals surface area (Å²) < 4.78 is 10.0. The minimum atomic E-state index is -0.295. The molecule has 5 nitrogen and oxygen atoms in total. The van der Waals surface area contributed by atoms with E-state index in [2.05, 4.69) is 10.1 Å². The lowest BCUT2D eigenvalue weighted by atomic mass is 10.1. The zero-order valence-corrected chi connectivity index (χ0v) is 13.2. The summed E-state index contributed by atoms with van der Waals surface area (Å²) in [5.74, 6) is 0.0489. The summed E-state index contributed by atoms with van der Waals surface area (Å²) in [6.07, 6.45) is 0.213. The van der Waals surface area contributed by atoms with Crippen LogP contribution in [-0.4, -0.2) is 25.6 Å². The van der Waals surface area contributed by atoms with Crippen molar-refractivity contribution in [2.24, 2.45) is 0 Å². The van der Waals surface area contributed by atoms with Crippen molar-refractivity contribution in [3.8, 4) is 5.75 Å². The van der Waals surface area contributed by atoms with Crippen LogP contribution in [-0.2, 0) is 20.7 Å². The molecule has 0 radical (unpaired) electrons. The second-order valence-electron chi connectivity index (χ2n) is 5.05. The number of amides is 1. The van der Waals surface area contributed by atoms with Crippen LogP contribution < -0.4 is 10.1 Å². The summed E-state index contributed by atoms with van der Waals surface area (Å²) in [6, 6.07) is 14.5. The number of hydrogen-bond acceptors (Lipinski definition) is 4. The van der Waals surface area contributed by atoms with Gasteiger partial charge in [0.05, 0.1) is 13.5 Å². The van der Waals surface area contributed by atoms with Gasteiger partial charge in [0, 0.05) is 5.69 Å². The molecule has 0 fully saturated rings. The molecule has 120 valence electrons. The van der Waals surface area contributed by atoms with E-state index >= 15 is 0 Å². The van der Waals surface area contributed by atoms with Crippen molar-refractivity contribution < 1.29 is 19.1 Å². The van der Waals surface area contributed by atoms with Crippen LogP contribution in [0.4, 0.5) is 5.69 Å². The highest BCUT2D eigenvalue weighted by Gasteiger charge is 2.06. The minimum Gasteiger partial charge on any atom is -0.484 e. The average Bonchev–Trinajstić information content (AvgIpc) is 2.56. The third-order valence-corrected chi connectivity index (χ3v) is 3.29. The number of benzene rings is 2. The van der Waals surface area contributed by atoms with Crippen molar-refractivity contribution in [2.45, 2.75) is 13.3 Å². The monoisotopic (exact) mass is 313 g/mol. The van der Waals surface area contributed by atoms with Crippen LogP contribution in [0.5, 0.6) is 5.75 Å². The molecule has 0 atom stereocenters. The Labute approximate surface area is 135 Å². The van der Waals surface area contributed by atoms with Crippen molar-refractivity contribution >= 4 is 17.6 Å². The number of esters is 1. The van der Waals surface area contributed by atoms with Gasteiger partial charge >= 0.3 is 5.97 Å². The summed E-state index contributed by atoms with van der Waals surface area (Å²) >= 11 is 0. The number of nitrogens with one attached hydrogen (secondary N) is 1. The van der Waals surface area contributed by atoms with Gasteiger partial charge in [-0.15, -0.1) is 0 Å². The van der Waals surface area contributed by atoms with Gasteiger partial charge in [0.1, 0.15) is 5.75 Å². The van der Waals surface area contributed by atoms with E-state index < -0.39 is 0 Å². The molecular formula is C18H19NO4. The highest BCUT2D eigenvalue weighted by atomic mass is 16.5. The highest BCUT2D eigenvalue weighted by Crippen LogP contribution is 2.15. The second-order valence-corrected chi connectivity index (χ2v) is 5.05. The molecule has 23 heavy (non-hydrogen) atoms. The van der Waals surface area contributed by atoms with Crippen LogP contribution in [0.3, 0.4) is 0 Å². The first-order valence-corrected chi connectivity index (χ1v) is 7.22. The fraction of sp³-hybridized carbons (Fsp3) is 0.222. The first-order chi connectivity index (χ1) is 11.1. The van der Waals surface area contributed by atoms with E-state index in [0.717, 1.165) is 16.8 Å². The van der Waals surface area contributed by atoms with Gasteiger partial charge in [0.25, 0.3) is 5.91 Å². The molecule has 2 rings (SSSR count). The van der Waals surface area contributed by atoms with Gasteiger partial charge in [-0.1, -0.05) is 30.3 Å². The maximum absolute atomic E-state index is 11.9. The fourth-order valence-corrected chi connectivity index (χ4v) is 1.99. The molecule has 0 aliphatic rings. The number of aryl methyl sites for hydroxylation is 1. The number of hydrogen-bond donors (Lipinski definition) is 1. The predicted molar refractivity (Wildman–Crippen MR) is 87.5 cm³/mol. The zero-order valence-electron chi connectivity index (χ0n) is 13.2. The van der Waals surface area contributed by atoms with Crippen LogP contribution in [0.15, 0.2) is 48.5 Å². The van der Waals surface area contributed by atoms with Crippen molar-refractivity contribution in [3.05, 3.63) is 59.7 Å². The number of para-hydroxylation sites is 1. The van der Waals surface area contributed by atoms with E-state index in [1.54, 1.807) is 24.3 Å². The van der Waals surface area contributed by atoms with E-state index in [1.807, 2.05) is 31.2 Å². The number of methoxy groups -OCH3 is 1. The Balaban J connectivity index is 1.84. The topological polar surface area (TPSA) is 64.6 Å². The van der Waals surface area contributed by atoms with E-state index in [4.69, 9.17) is 4.74 Å². The quantitative estimate of drug-likeness (QED) is 0.833. The zero-order chi connectivity index (χ0) is 16.7. The molecule has 0 heterocycles. The fourth-order valence-electron chi connectivity index (χ4n) is 1.99. The molecule has 2 aromatic carbocycles. The van der Waals surface area contributed by atoms with Crippen molar-refractivity contribution in [3.63, 3.8) is 0 Å². The Kier molecular flexibility index (Phi) is 5.74. The molecule has 0 aliphatic heterocycles. The average molecular weight is 313 g/mol. The number of anilines is 1. The molecular weight excluding hydrogens is 294 g/mol. The van der Waals surface area contributed by atoms with Crippen LogP contribution in [0, 0.1) is 6.92 Å². The molecule has 1 N–H and O–H groups in total. The van der Waals surface area contributed by atoms with E-state index in [9.17, 15) is 9.59 Å². The first-order valence-electron chi connectivity index (χ1n) is 7.22. The highest BCUT2D eigenvalue weighted by molar-refractivity contribution is 5.92. The maximum atomic E-state index is 11.9. The lowest BCUT2D eigenvalue weighted by molar-refractivity contribution is -0.139. The third-order valence-electron chi connectivity index (χ3n) is 3.29. The SMILES string of the molecule is COC(=O)Cc1ccc(OCC(=O)Nc2ccccc2C)cc1. The summed E-state index contributed by atoms with van der Waals surface area (Å²) in [4.78, 5) is 23.1. The Morgan fingerprint density at radius 3 is 2.39 bits per heavy atom. The number of ether oxygens (including phenoxy) is 2. The van der Waals surface area contributed by atoms with E-state index in [-0.39, 0.29) is 24.9 Å². The molecule has 5 heteroatoms. The van der Waals surface area contributed by atoms with Gasteiger partial charge in [0.2, 0.25) is 0 Å². The largest absolute Gasteiger partial charge is 0.484 e. The molecule has 0 aromatic heterocycles. The normalized spacial score (nSPS) is 10.0. The van der Waals surface area contributed by atoms with Gasteiger partial charge in [-0.25, -0.2) is 0 Å². The molecule has 0 bridgehead atoms. The van der Waals surface area contributed by atoms with Crippen LogP contribution in [0.25, 0.3) is 0 Å². The van der Waals surface area contributed by atoms with Gasteiger partial charge in [0.15, 0.2) is 6.61 Å². The van der Waals surface area contributed by atoms with Gasteiger partial charge in [-0.3, -0.25) is 9.59 Å². The lowest BCUT2D eigenvalue weighted by Crippen LogP contribution is -2.20. The first kappa shape index (κ1) is 16.5. The van der Waals surface area contributed by atoms with Crippen LogP contribution in [0.1, 0.15) is 11.1 Å². The Morgan fingerprint density at radius 2 is 1.74 bits per heavy atom. The van der Waals surface area contributed by atoms with Crippen molar-refractivity contribution in [2.75, 3.05) is 19.0 Å². The minimum absolute atomic E-state index is 0.0787. The molecule has 0 spiro atoms. The van der Waals surface area contributed by atoms with Gasteiger partial charge in [-0.2, -0.15) is 0 Å². The standard InChI is InChI=1S/C18H19NO4/c1-13-5-3-4-6-16(13)19-17(20)12-23-15-9-7-14(8-10-15)11-18(21)22-2/h3-10H,11-12H2,1-2H3,(H,19,20). The van der Waals surface area contributed by atoms with Crippen molar-refractivity contribution in [1.29, 1.82) is 0 Å². The van der Waals surface area contributed by atoms with E-state index in [0.29, 0.717) is 5.75 Å². The molecule has 2 aromatic rings. The molecule has 0 unspecified atom stereocenters. The van der Waals surface area contributed by atoms with Gasteiger partial charge < -0.3 is 14.8 Å². The molecule has 0 aliphatic carbocycles. The second kappa shape index (κ2) is 7.98. The lowest BCUT2D eigenvalue weighted by Gasteiger charge is -2.09. The van der Waals surface area contributed by atoms with Crippen molar-refractivity contribution in [1.82, 2.24) is 0 Å². The number of carbonyl (C=O) groups is 2. The molecule has 1 amide bonds. The third kappa shape index (κ3) is 5.14. The number of rotatable bonds is 6. The predicted octanol–water partition coefficient (Wildman–Crippen LogP) is 2.73. The Hall–Kier alpha value is -2.82. The maximum Gasteiger partial charge on any atom is 0.309 e. The summed E-state index contributed by atoms with van der Waals surface area (Å²) in [7, 11) is 1.35. The summed E-state index contributed by atoms with van der Waals surface area (Å²) in [5, 5.41) is 2.80. The van der Waals surface area contributed by atoms with Crippen LogP contribution in [0.2, 0.25) is 0 Å². The summed E-state index contributed by atoms with van der Waals surface area (Å²) in [6.45, 7) is 1.85. The molecule has 0 saturated carbocycles. The summed E-state index contributed by atoms with van der Waals surface area (Å²) in [5.41, 5.74) is 2.59.